The molecule has 0 saturated carbocycles. The average molecular weight is 782 g/mol. The Morgan fingerprint density at radius 3 is 1.42 bits per heavy atom. The Labute approximate surface area is 321 Å². The Hall–Kier alpha value is -4.02. The molecule has 3 amide bonds. The van der Waals surface area contributed by atoms with E-state index in [-0.39, 0.29) is 24.0 Å². The van der Waals surface area contributed by atoms with E-state index < -0.39 is 47.2 Å². The molecule has 294 valence electrons. The van der Waals surface area contributed by atoms with Crippen LogP contribution in [-0.4, -0.2) is 107 Å². The largest absolute Gasteiger partial charge is 0.444 e. The third-order valence-corrected chi connectivity index (χ3v) is 8.56. The molecule has 4 atom stereocenters. The van der Waals surface area contributed by atoms with Gasteiger partial charge in [0.15, 0.2) is 0 Å². The number of ether oxygens (including phenoxy) is 3. The van der Waals surface area contributed by atoms with Crippen LogP contribution in [0.2, 0.25) is 10.0 Å². The van der Waals surface area contributed by atoms with E-state index in [2.05, 4.69) is 26.6 Å². The third-order valence-electron chi connectivity index (χ3n) is 7.83. The van der Waals surface area contributed by atoms with Gasteiger partial charge in [-0.05, 0) is 100 Å². The molecular formula is C35H54Cl2N10O6. The van der Waals surface area contributed by atoms with Gasteiger partial charge in [-0.2, -0.15) is 15.0 Å². The van der Waals surface area contributed by atoms with Crippen LogP contribution in [0, 0.1) is 0 Å². The first kappa shape index (κ1) is 41.7. The molecule has 0 radical (unpaired) electrons. The van der Waals surface area contributed by atoms with Gasteiger partial charge in [0, 0.05) is 37.9 Å². The number of piperidine rings is 2. The number of nitrogens with zero attached hydrogens (tertiary/aromatic N) is 5. The van der Waals surface area contributed by atoms with Crippen molar-refractivity contribution in [2.24, 2.45) is 0 Å². The van der Waals surface area contributed by atoms with Crippen LogP contribution in [-0.2, 0) is 14.2 Å². The van der Waals surface area contributed by atoms with Crippen molar-refractivity contribution >= 4 is 65.0 Å². The number of rotatable bonds is 8. The molecule has 53 heavy (non-hydrogen) atoms. The van der Waals surface area contributed by atoms with Gasteiger partial charge in [0.2, 0.25) is 17.8 Å². The quantitative estimate of drug-likeness (QED) is 0.209. The van der Waals surface area contributed by atoms with Gasteiger partial charge >= 0.3 is 18.3 Å². The number of halogens is 2. The zero-order chi connectivity index (χ0) is 39.3. The smallest absolute Gasteiger partial charge is 0.407 e. The number of anilines is 4. The standard InChI is InChI=1S/C35H54Cl2N10O6/c1-33(2,3)51-30(48)40-22-13-21(38-10)16-46(17-22)28-43-27(39-20-11-12-25(36)26(37)15-20)44-29(45-28)47-18-23(41-31(49)52-34(4,5)6)14-24(19-47)42-32(50)53-35(7,8)9/h11-12,15,21-24,38H,13-14,16-19H2,1-10H3,(H,40,48)(H,41,49)(H,42,50)(H,39,43,44,45)/t21-,22+,23-,24+/m0/s1. The topological polar surface area (TPSA) is 184 Å². The average Bonchev–Trinajstić information content (AvgIpc) is 2.99. The number of alkyl carbamates (subject to hydrolysis) is 3. The summed E-state index contributed by atoms with van der Waals surface area (Å²) in [5, 5.41) is 16.2. The van der Waals surface area contributed by atoms with Crippen LogP contribution in [0.4, 0.5) is 37.9 Å². The van der Waals surface area contributed by atoms with Crippen LogP contribution in [0.5, 0.6) is 0 Å². The van der Waals surface area contributed by atoms with Gasteiger partial charge in [-0.25, -0.2) is 14.4 Å². The minimum atomic E-state index is -0.712. The van der Waals surface area contributed by atoms with E-state index in [1.807, 2.05) is 37.6 Å². The van der Waals surface area contributed by atoms with E-state index in [0.717, 1.165) is 0 Å². The van der Waals surface area contributed by atoms with E-state index in [4.69, 9.17) is 52.4 Å². The number of hydrogen-bond acceptors (Lipinski definition) is 13. The predicted molar refractivity (Wildman–Crippen MR) is 206 cm³/mol. The monoisotopic (exact) mass is 780 g/mol. The van der Waals surface area contributed by atoms with Crippen molar-refractivity contribution in [2.75, 3.05) is 48.3 Å². The molecule has 3 heterocycles. The predicted octanol–water partition coefficient (Wildman–Crippen LogP) is 5.61. The lowest BCUT2D eigenvalue weighted by Crippen LogP contribution is -2.58. The van der Waals surface area contributed by atoms with Crippen molar-refractivity contribution < 1.29 is 28.6 Å². The number of aromatic nitrogens is 3. The molecule has 0 bridgehead atoms. The summed E-state index contributed by atoms with van der Waals surface area (Å²) in [7, 11) is 1.86. The SMILES string of the molecule is CN[C@H]1C[C@@H](NC(=O)OC(C)(C)C)CN(c2nc(Nc3ccc(Cl)c(Cl)c3)nc(N3C[C@H](NC(=O)OC(C)(C)C)C[C@H](NC(=O)OC(C)(C)C)C3)n2)C1. The summed E-state index contributed by atoms with van der Waals surface area (Å²) in [5.74, 6) is 0.838. The Morgan fingerprint density at radius 2 is 1.04 bits per heavy atom. The third kappa shape index (κ3) is 13.7. The van der Waals surface area contributed by atoms with E-state index >= 15 is 0 Å². The number of likely N-dealkylation sites (N-methyl/N-ethyl adjacent to an activating group) is 1. The highest BCUT2D eigenvalue weighted by Crippen LogP contribution is 2.29. The molecule has 1 aromatic carbocycles. The number of carbonyl (C=O) groups excluding carboxylic acids is 3. The highest BCUT2D eigenvalue weighted by molar-refractivity contribution is 6.42. The Balaban J connectivity index is 1.71. The molecular weight excluding hydrogens is 727 g/mol. The first-order valence-electron chi connectivity index (χ1n) is 17.7. The molecule has 4 rings (SSSR count). The van der Waals surface area contributed by atoms with Crippen molar-refractivity contribution in [2.45, 2.75) is 116 Å². The Kier molecular flexibility index (Phi) is 13.4. The molecule has 2 fully saturated rings. The van der Waals surface area contributed by atoms with Crippen molar-refractivity contribution in [1.82, 2.24) is 36.2 Å². The van der Waals surface area contributed by atoms with Crippen molar-refractivity contribution in [3.8, 4) is 0 Å². The van der Waals surface area contributed by atoms with Crippen LogP contribution in [0.15, 0.2) is 18.2 Å². The molecule has 2 saturated heterocycles. The summed E-state index contributed by atoms with van der Waals surface area (Å²) in [5.41, 5.74) is -1.49. The van der Waals surface area contributed by atoms with Crippen LogP contribution in [0.3, 0.4) is 0 Å². The lowest BCUT2D eigenvalue weighted by atomic mass is 10.0. The van der Waals surface area contributed by atoms with Gasteiger partial charge in [0.1, 0.15) is 16.8 Å². The maximum absolute atomic E-state index is 12.9. The van der Waals surface area contributed by atoms with Gasteiger partial charge < -0.3 is 50.6 Å². The van der Waals surface area contributed by atoms with Crippen molar-refractivity contribution in [3.05, 3.63) is 28.2 Å². The second kappa shape index (κ2) is 17.0. The zero-order valence-electron chi connectivity index (χ0n) is 32.2. The van der Waals surface area contributed by atoms with Crippen molar-refractivity contribution in [3.63, 3.8) is 0 Å². The van der Waals surface area contributed by atoms with Gasteiger partial charge in [-0.1, -0.05) is 23.2 Å². The lowest BCUT2D eigenvalue weighted by Gasteiger charge is -2.40. The maximum atomic E-state index is 12.9. The number of carbonyl (C=O) groups is 3. The molecule has 1 aromatic heterocycles. The van der Waals surface area contributed by atoms with E-state index in [0.29, 0.717) is 60.7 Å². The summed E-state index contributed by atoms with van der Waals surface area (Å²) >= 11 is 12.5. The number of benzene rings is 1. The van der Waals surface area contributed by atoms with Crippen LogP contribution >= 0.6 is 23.2 Å². The molecule has 0 aliphatic carbocycles. The van der Waals surface area contributed by atoms with Gasteiger partial charge in [0.25, 0.3) is 0 Å². The van der Waals surface area contributed by atoms with Gasteiger partial charge in [-0.3, -0.25) is 0 Å². The first-order chi connectivity index (χ1) is 24.5. The minimum Gasteiger partial charge on any atom is -0.444 e. The molecule has 2 aliphatic rings. The highest BCUT2D eigenvalue weighted by atomic mass is 35.5. The zero-order valence-corrected chi connectivity index (χ0v) is 33.7. The van der Waals surface area contributed by atoms with Crippen LogP contribution in [0.1, 0.15) is 75.2 Å². The van der Waals surface area contributed by atoms with E-state index in [9.17, 15) is 14.4 Å². The minimum absolute atomic E-state index is 0.0183. The molecule has 2 aromatic rings. The van der Waals surface area contributed by atoms with Crippen LogP contribution in [0.25, 0.3) is 0 Å². The first-order valence-corrected chi connectivity index (χ1v) is 18.4. The fourth-order valence-corrected chi connectivity index (χ4v) is 6.16. The highest BCUT2D eigenvalue weighted by Gasteiger charge is 2.35. The second-order valence-electron chi connectivity index (χ2n) is 16.3. The van der Waals surface area contributed by atoms with E-state index in [1.165, 1.54) is 0 Å². The fraction of sp³-hybridized carbons (Fsp3) is 0.657. The van der Waals surface area contributed by atoms with Crippen molar-refractivity contribution in [1.29, 1.82) is 0 Å². The maximum Gasteiger partial charge on any atom is 0.407 e. The lowest BCUT2D eigenvalue weighted by molar-refractivity contribution is 0.0466. The summed E-state index contributed by atoms with van der Waals surface area (Å²) in [6, 6.07) is 3.84. The Bertz CT molecular complexity index is 1580. The number of amides is 3. The van der Waals surface area contributed by atoms with Crippen LogP contribution < -0.4 is 36.4 Å². The molecule has 5 N–H and O–H groups in total. The number of hydrogen-bond donors (Lipinski definition) is 5. The van der Waals surface area contributed by atoms with Gasteiger partial charge in [0.05, 0.1) is 28.2 Å². The normalized spacial score (nSPS) is 21.0. The van der Waals surface area contributed by atoms with E-state index in [1.54, 1.807) is 59.7 Å². The molecule has 18 heteroatoms. The molecule has 2 aliphatic heterocycles. The summed E-state index contributed by atoms with van der Waals surface area (Å²) < 4.78 is 16.6. The van der Waals surface area contributed by atoms with Gasteiger partial charge in [-0.15, -0.1) is 0 Å². The fourth-order valence-electron chi connectivity index (χ4n) is 5.87. The summed E-state index contributed by atoms with van der Waals surface area (Å²) in [4.78, 5) is 56.9. The Morgan fingerprint density at radius 1 is 0.642 bits per heavy atom. The molecule has 16 nitrogen and oxygen atoms in total. The summed E-state index contributed by atoms with van der Waals surface area (Å²) in [6.45, 7) is 17.7. The molecule has 0 unspecified atom stereocenters. The summed E-state index contributed by atoms with van der Waals surface area (Å²) in [6.07, 6.45) is -0.643. The second-order valence-corrected chi connectivity index (χ2v) is 17.1. The molecule has 0 spiro atoms. The number of nitrogens with one attached hydrogen (secondary N) is 5.